The van der Waals surface area contributed by atoms with E-state index in [1.807, 2.05) is 0 Å². The molecule has 1 heterocycles. The molecule has 0 radical (unpaired) electrons. The summed E-state index contributed by atoms with van der Waals surface area (Å²) in [6, 6.07) is 3.37. The highest BCUT2D eigenvalue weighted by Gasteiger charge is 2.19. The maximum atomic E-state index is 12.0. The molecule has 0 spiro atoms. The molecular formula is C13H16BrClN2O3. The van der Waals surface area contributed by atoms with Crippen LogP contribution in [0.3, 0.4) is 0 Å². The third-order valence-corrected chi connectivity index (χ3v) is 3.71. The Morgan fingerprint density at radius 1 is 1.65 bits per heavy atom. The Kier molecular flexibility index (Phi) is 5.65. The second-order valence-electron chi connectivity index (χ2n) is 4.42. The van der Waals surface area contributed by atoms with Gasteiger partial charge in [0.2, 0.25) is 5.91 Å². The first-order valence-corrected chi connectivity index (χ1v) is 7.42. The molecule has 2 rings (SSSR count). The van der Waals surface area contributed by atoms with E-state index < -0.39 is 0 Å². The van der Waals surface area contributed by atoms with E-state index in [1.165, 1.54) is 7.11 Å². The highest BCUT2D eigenvalue weighted by molar-refractivity contribution is 9.10. The van der Waals surface area contributed by atoms with Gasteiger partial charge in [-0.25, -0.2) is 0 Å². The maximum Gasteiger partial charge on any atom is 0.227 e. The van der Waals surface area contributed by atoms with Gasteiger partial charge in [0.05, 0.1) is 36.4 Å². The fourth-order valence-corrected chi connectivity index (χ4v) is 2.99. The van der Waals surface area contributed by atoms with Gasteiger partial charge >= 0.3 is 0 Å². The molecule has 20 heavy (non-hydrogen) atoms. The second-order valence-corrected chi connectivity index (χ2v) is 5.71. The van der Waals surface area contributed by atoms with E-state index in [0.717, 1.165) is 6.54 Å². The standard InChI is InChI=1S/C13H16BrClN2O3/c1-19-13-10(14)4-8(15)5-11(13)17-12(18)6-9-7-16-2-3-20-9/h4-5,9,16H,2-3,6-7H2,1H3,(H,17,18). The molecule has 0 aromatic heterocycles. The van der Waals surface area contributed by atoms with E-state index in [4.69, 9.17) is 21.1 Å². The van der Waals surface area contributed by atoms with Crippen molar-refractivity contribution in [3.8, 4) is 5.75 Å². The van der Waals surface area contributed by atoms with Crippen LogP contribution < -0.4 is 15.4 Å². The molecule has 7 heteroatoms. The number of carbonyl (C=O) groups excluding carboxylic acids is 1. The minimum Gasteiger partial charge on any atom is -0.493 e. The zero-order valence-corrected chi connectivity index (χ0v) is 13.4. The lowest BCUT2D eigenvalue weighted by Gasteiger charge is -2.23. The summed E-state index contributed by atoms with van der Waals surface area (Å²) in [4.78, 5) is 12.0. The number of methoxy groups -OCH3 is 1. The molecule has 1 saturated heterocycles. The SMILES string of the molecule is COc1c(Br)cc(Cl)cc1NC(=O)CC1CNCCO1. The van der Waals surface area contributed by atoms with Crippen molar-refractivity contribution in [2.24, 2.45) is 0 Å². The Bertz CT molecular complexity index is 493. The van der Waals surface area contributed by atoms with Gasteiger partial charge in [0.1, 0.15) is 0 Å². The summed E-state index contributed by atoms with van der Waals surface area (Å²) in [5.41, 5.74) is 0.542. The van der Waals surface area contributed by atoms with Gasteiger partial charge in [0, 0.05) is 18.1 Å². The summed E-state index contributed by atoms with van der Waals surface area (Å²) in [6.45, 7) is 2.14. The summed E-state index contributed by atoms with van der Waals surface area (Å²) >= 11 is 9.33. The summed E-state index contributed by atoms with van der Waals surface area (Å²) in [5.74, 6) is 0.414. The van der Waals surface area contributed by atoms with Crippen LogP contribution in [0.4, 0.5) is 5.69 Å². The summed E-state index contributed by atoms with van der Waals surface area (Å²) in [5, 5.41) is 6.51. The number of morpholine rings is 1. The Hall–Kier alpha value is -0.820. The predicted octanol–water partition coefficient (Wildman–Crippen LogP) is 2.43. The van der Waals surface area contributed by atoms with Crippen LogP contribution in [0.25, 0.3) is 0 Å². The lowest BCUT2D eigenvalue weighted by atomic mass is 10.2. The van der Waals surface area contributed by atoms with Crippen molar-refractivity contribution in [1.82, 2.24) is 5.32 Å². The molecule has 1 fully saturated rings. The fourth-order valence-electron chi connectivity index (χ4n) is 2.02. The van der Waals surface area contributed by atoms with Crippen molar-refractivity contribution in [1.29, 1.82) is 0 Å². The second kappa shape index (κ2) is 7.26. The van der Waals surface area contributed by atoms with Crippen LogP contribution in [0.2, 0.25) is 5.02 Å². The van der Waals surface area contributed by atoms with Crippen molar-refractivity contribution in [3.05, 3.63) is 21.6 Å². The number of hydrogen-bond acceptors (Lipinski definition) is 4. The van der Waals surface area contributed by atoms with Crippen molar-refractivity contribution >= 4 is 39.1 Å². The van der Waals surface area contributed by atoms with Crippen LogP contribution in [0, 0.1) is 0 Å². The molecule has 1 unspecified atom stereocenters. The highest BCUT2D eigenvalue weighted by atomic mass is 79.9. The number of rotatable bonds is 4. The number of nitrogens with one attached hydrogen (secondary N) is 2. The number of hydrogen-bond donors (Lipinski definition) is 2. The van der Waals surface area contributed by atoms with Gasteiger partial charge in [-0.15, -0.1) is 0 Å². The first-order chi connectivity index (χ1) is 9.60. The van der Waals surface area contributed by atoms with Crippen molar-refractivity contribution in [2.45, 2.75) is 12.5 Å². The van der Waals surface area contributed by atoms with Crippen LogP contribution in [-0.4, -0.2) is 38.8 Å². The molecule has 1 aromatic rings. The average molecular weight is 364 g/mol. The minimum absolute atomic E-state index is 0.0997. The summed E-state index contributed by atoms with van der Waals surface area (Å²) < 4.78 is 11.5. The molecule has 5 nitrogen and oxygen atoms in total. The maximum absolute atomic E-state index is 12.0. The van der Waals surface area contributed by atoms with E-state index >= 15 is 0 Å². The third kappa shape index (κ3) is 4.09. The number of halogens is 2. The Morgan fingerprint density at radius 3 is 3.10 bits per heavy atom. The quantitative estimate of drug-likeness (QED) is 0.862. The van der Waals surface area contributed by atoms with Gasteiger partial charge in [-0.05, 0) is 28.1 Å². The molecule has 0 bridgehead atoms. The molecule has 1 aliphatic heterocycles. The number of carbonyl (C=O) groups is 1. The number of ether oxygens (including phenoxy) is 2. The zero-order valence-electron chi connectivity index (χ0n) is 11.0. The van der Waals surface area contributed by atoms with E-state index in [1.54, 1.807) is 12.1 Å². The first-order valence-electron chi connectivity index (χ1n) is 6.25. The summed E-state index contributed by atoms with van der Waals surface area (Å²) in [7, 11) is 1.54. The third-order valence-electron chi connectivity index (χ3n) is 2.90. The molecule has 1 amide bonds. The number of anilines is 1. The van der Waals surface area contributed by atoms with Gasteiger partial charge in [0.15, 0.2) is 5.75 Å². The van der Waals surface area contributed by atoms with Crippen molar-refractivity contribution < 1.29 is 14.3 Å². The number of amides is 1. The predicted molar refractivity (Wildman–Crippen MR) is 81.6 cm³/mol. The monoisotopic (exact) mass is 362 g/mol. The van der Waals surface area contributed by atoms with Crippen LogP contribution in [-0.2, 0) is 9.53 Å². The smallest absolute Gasteiger partial charge is 0.227 e. The van der Waals surface area contributed by atoms with Crippen LogP contribution >= 0.6 is 27.5 Å². The molecule has 0 saturated carbocycles. The zero-order chi connectivity index (χ0) is 14.5. The molecular weight excluding hydrogens is 348 g/mol. The lowest BCUT2D eigenvalue weighted by molar-refractivity contribution is -0.119. The van der Waals surface area contributed by atoms with Crippen LogP contribution in [0.1, 0.15) is 6.42 Å². The molecule has 0 aliphatic carbocycles. The van der Waals surface area contributed by atoms with Gasteiger partial charge < -0.3 is 20.1 Å². The largest absolute Gasteiger partial charge is 0.493 e. The van der Waals surface area contributed by atoms with Gasteiger partial charge in [-0.2, -0.15) is 0 Å². The molecule has 2 N–H and O–H groups in total. The van der Waals surface area contributed by atoms with E-state index in [0.29, 0.717) is 40.5 Å². The number of benzene rings is 1. The highest BCUT2D eigenvalue weighted by Crippen LogP contribution is 2.36. The van der Waals surface area contributed by atoms with Crippen molar-refractivity contribution in [2.75, 3.05) is 32.1 Å². The Morgan fingerprint density at radius 2 is 2.45 bits per heavy atom. The molecule has 110 valence electrons. The first kappa shape index (κ1) is 15.6. The topological polar surface area (TPSA) is 59.6 Å². The van der Waals surface area contributed by atoms with Gasteiger partial charge in [-0.3, -0.25) is 4.79 Å². The Labute approximate surface area is 131 Å². The summed E-state index contributed by atoms with van der Waals surface area (Å²) in [6.07, 6.45) is 0.192. The minimum atomic E-state index is -0.133. The molecule has 1 aromatic carbocycles. The van der Waals surface area contributed by atoms with E-state index in [9.17, 15) is 4.79 Å². The Balaban J connectivity index is 2.03. The molecule has 1 aliphatic rings. The van der Waals surface area contributed by atoms with E-state index in [-0.39, 0.29) is 12.0 Å². The van der Waals surface area contributed by atoms with Crippen LogP contribution in [0.15, 0.2) is 16.6 Å². The molecule has 1 atom stereocenters. The normalized spacial score (nSPS) is 18.6. The fraction of sp³-hybridized carbons (Fsp3) is 0.462. The van der Waals surface area contributed by atoms with Crippen molar-refractivity contribution in [3.63, 3.8) is 0 Å². The van der Waals surface area contributed by atoms with Crippen LogP contribution in [0.5, 0.6) is 5.75 Å². The van der Waals surface area contributed by atoms with Gasteiger partial charge in [-0.1, -0.05) is 11.6 Å². The average Bonchev–Trinajstić information content (AvgIpc) is 2.39. The van der Waals surface area contributed by atoms with Gasteiger partial charge in [0.25, 0.3) is 0 Å². The van der Waals surface area contributed by atoms with E-state index in [2.05, 4.69) is 26.6 Å². The lowest BCUT2D eigenvalue weighted by Crippen LogP contribution is -2.40.